The van der Waals surface area contributed by atoms with Crippen molar-refractivity contribution in [2.45, 2.75) is 53.2 Å². The van der Waals surface area contributed by atoms with E-state index in [1.54, 1.807) is 0 Å². The molecule has 0 saturated carbocycles. The highest BCUT2D eigenvalue weighted by molar-refractivity contribution is 5.67. The molecule has 1 rings (SSSR count). The number of carbonyl (C=O) groups is 1. The molecule has 0 aromatic heterocycles. The van der Waals surface area contributed by atoms with Crippen molar-refractivity contribution < 1.29 is 9.53 Å². The average molecular weight is 263 g/mol. The van der Waals surface area contributed by atoms with Crippen LogP contribution in [-0.2, 0) is 11.3 Å². The van der Waals surface area contributed by atoms with Gasteiger partial charge in [0, 0.05) is 6.04 Å². The average Bonchev–Trinajstić information content (AvgIpc) is 2.34. The molecule has 1 aromatic rings. The van der Waals surface area contributed by atoms with Crippen LogP contribution in [0.2, 0.25) is 0 Å². The van der Waals surface area contributed by atoms with Crippen molar-refractivity contribution in [3.63, 3.8) is 0 Å². The van der Waals surface area contributed by atoms with E-state index in [1.807, 2.05) is 37.3 Å². The lowest BCUT2D eigenvalue weighted by Gasteiger charge is -2.21. The van der Waals surface area contributed by atoms with Gasteiger partial charge in [0.2, 0.25) is 0 Å². The highest BCUT2D eigenvalue weighted by Gasteiger charge is 2.14. The smallest absolute Gasteiger partial charge is 0.407 e. The molecule has 0 bridgehead atoms. The molecule has 0 aliphatic heterocycles. The van der Waals surface area contributed by atoms with Crippen LogP contribution in [0.15, 0.2) is 30.3 Å². The molecule has 0 saturated heterocycles. The second-order valence-corrected chi connectivity index (χ2v) is 6.21. The number of alkyl carbamates (subject to hydrolysis) is 1. The number of carbonyl (C=O) groups excluding carboxylic acids is 1. The zero-order chi connectivity index (χ0) is 14.3. The molecule has 0 radical (unpaired) electrons. The zero-order valence-electron chi connectivity index (χ0n) is 12.4. The van der Waals surface area contributed by atoms with E-state index >= 15 is 0 Å². The first-order valence-corrected chi connectivity index (χ1v) is 6.84. The van der Waals surface area contributed by atoms with Crippen LogP contribution in [0, 0.1) is 5.41 Å². The fraction of sp³-hybridized carbons (Fsp3) is 0.562. The van der Waals surface area contributed by atoms with Crippen molar-refractivity contribution in [3.05, 3.63) is 35.9 Å². The number of nitrogens with one attached hydrogen (secondary N) is 1. The molecule has 106 valence electrons. The minimum Gasteiger partial charge on any atom is -0.445 e. The number of amides is 1. The molecular weight excluding hydrogens is 238 g/mol. The predicted molar refractivity (Wildman–Crippen MR) is 77.9 cm³/mol. The number of benzene rings is 1. The van der Waals surface area contributed by atoms with Gasteiger partial charge in [-0.15, -0.1) is 0 Å². The molecule has 0 heterocycles. The largest absolute Gasteiger partial charge is 0.445 e. The summed E-state index contributed by atoms with van der Waals surface area (Å²) in [7, 11) is 0. The second-order valence-electron chi connectivity index (χ2n) is 6.21. The lowest BCUT2D eigenvalue weighted by atomic mass is 9.89. The summed E-state index contributed by atoms with van der Waals surface area (Å²) in [5.41, 5.74) is 1.30. The monoisotopic (exact) mass is 263 g/mol. The Kier molecular flexibility index (Phi) is 5.87. The summed E-state index contributed by atoms with van der Waals surface area (Å²) < 4.78 is 5.18. The van der Waals surface area contributed by atoms with E-state index in [4.69, 9.17) is 4.74 Å². The molecule has 3 heteroatoms. The number of ether oxygens (including phenoxy) is 1. The summed E-state index contributed by atoms with van der Waals surface area (Å²) in [4.78, 5) is 11.6. The first-order chi connectivity index (χ1) is 8.87. The lowest BCUT2D eigenvalue weighted by molar-refractivity contribution is 0.135. The molecule has 19 heavy (non-hydrogen) atoms. The van der Waals surface area contributed by atoms with Gasteiger partial charge in [0.05, 0.1) is 0 Å². The van der Waals surface area contributed by atoms with Crippen LogP contribution in [0.3, 0.4) is 0 Å². The highest BCUT2D eigenvalue weighted by atomic mass is 16.5. The van der Waals surface area contributed by atoms with Gasteiger partial charge in [0.25, 0.3) is 0 Å². The summed E-state index contributed by atoms with van der Waals surface area (Å²) >= 11 is 0. The van der Waals surface area contributed by atoms with E-state index in [1.165, 1.54) is 0 Å². The molecule has 1 amide bonds. The highest BCUT2D eigenvalue weighted by Crippen LogP contribution is 2.21. The van der Waals surface area contributed by atoms with E-state index in [-0.39, 0.29) is 12.1 Å². The Hall–Kier alpha value is -1.51. The summed E-state index contributed by atoms with van der Waals surface area (Å²) in [6, 6.07) is 9.83. The Morgan fingerprint density at radius 2 is 1.89 bits per heavy atom. The zero-order valence-corrected chi connectivity index (χ0v) is 12.4. The van der Waals surface area contributed by atoms with Crippen LogP contribution in [0.5, 0.6) is 0 Å². The fourth-order valence-electron chi connectivity index (χ4n) is 1.69. The van der Waals surface area contributed by atoms with Crippen LogP contribution in [-0.4, -0.2) is 12.1 Å². The third-order valence-corrected chi connectivity index (χ3v) is 2.90. The number of rotatable bonds is 5. The molecule has 1 N–H and O–H groups in total. The summed E-state index contributed by atoms with van der Waals surface area (Å²) in [6.07, 6.45) is 1.70. The van der Waals surface area contributed by atoms with E-state index in [2.05, 4.69) is 26.1 Å². The molecule has 1 unspecified atom stereocenters. The minimum absolute atomic E-state index is 0.141. The first kappa shape index (κ1) is 15.5. The van der Waals surface area contributed by atoms with Crippen LogP contribution >= 0.6 is 0 Å². The van der Waals surface area contributed by atoms with Crippen molar-refractivity contribution in [3.8, 4) is 0 Å². The van der Waals surface area contributed by atoms with Gasteiger partial charge >= 0.3 is 6.09 Å². The Morgan fingerprint density at radius 1 is 1.26 bits per heavy atom. The summed E-state index contributed by atoms with van der Waals surface area (Å²) in [6.45, 7) is 8.93. The van der Waals surface area contributed by atoms with Crippen LogP contribution in [0.25, 0.3) is 0 Å². The predicted octanol–water partition coefficient (Wildman–Crippen LogP) is 4.13. The van der Waals surface area contributed by atoms with Crippen molar-refractivity contribution in [2.75, 3.05) is 0 Å². The SMILES string of the molecule is CC(CCC(C)(C)C)NC(=O)OCc1ccccc1. The van der Waals surface area contributed by atoms with E-state index in [0.717, 1.165) is 18.4 Å². The van der Waals surface area contributed by atoms with Crippen molar-refractivity contribution >= 4 is 6.09 Å². The van der Waals surface area contributed by atoms with Crippen molar-refractivity contribution in [2.24, 2.45) is 5.41 Å². The third-order valence-electron chi connectivity index (χ3n) is 2.90. The fourth-order valence-corrected chi connectivity index (χ4v) is 1.69. The Morgan fingerprint density at radius 3 is 2.47 bits per heavy atom. The number of hydrogen-bond donors (Lipinski definition) is 1. The van der Waals surface area contributed by atoms with Gasteiger partial charge in [-0.1, -0.05) is 51.1 Å². The summed E-state index contributed by atoms with van der Waals surface area (Å²) in [5, 5.41) is 2.86. The van der Waals surface area contributed by atoms with E-state index < -0.39 is 0 Å². The van der Waals surface area contributed by atoms with Gasteiger partial charge in [-0.05, 0) is 30.7 Å². The Labute approximate surface area is 116 Å². The lowest BCUT2D eigenvalue weighted by Crippen LogP contribution is -2.33. The van der Waals surface area contributed by atoms with Gasteiger partial charge in [0.15, 0.2) is 0 Å². The van der Waals surface area contributed by atoms with Gasteiger partial charge in [-0.2, -0.15) is 0 Å². The van der Waals surface area contributed by atoms with Crippen molar-refractivity contribution in [1.29, 1.82) is 0 Å². The molecular formula is C16H25NO2. The van der Waals surface area contributed by atoms with Gasteiger partial charge in [-0.3, -0.25) is 0 Å². The molecule has 0 aliphatic carbocycles. The topological polar surface area (TPSA) is 38.3 Å². The van der Waals surface area contributed by atoms with E-state index in [9.17, 15) is 4.79 Å². The second kappa shape index (κ2) is 7.17. The molecule has 3 nitrogen and oxygen atoms in total. The van der Waals surface area contributed by atoms with Crippen molar-refractivity contribution in [1.82, 2.24) is 5.32 Å². The summed E-state index contributed by atoms with van der Waals surface area (Å²) in [5.74, 6) is 0. The maximum atomic E-state index is 11.6. The first-order valence-electron chi connectivity index (χ1n) is 6.84. The third kappa shape index (κ3) is 7.50. The molecule has 0 spiro atoms. The van der Waals surface area contributed by atoms with Gasteiger partial charge < -0.3 is 10.1 Å². The maximum absolute atomic E-state index is 11.6. The quantitative estimate of drug-likeness (QED) is 0.867. The minimum atomic E-state index is -0.342. The molecule has 0 aliphatic rings. The van der Waals surface area contributed by atoms with Crippen LogP contribution < -0.4 is 5.32 Å². The molecule has 1 atom stereocenters. The maximum Gasteiger partial charge on any atom is 0.407 e. The molecule has 1 aromatic carbocycles. The Balaban J connectivity index is 2.24. The van der Waals surface area contributed by atoms with Gasteiger partial charge in [-0.25, -0.2) is 4.79 Å². The van der Waals surface area contributed by atoms with Crippen LogP contribution in [0.1, 0.15) is 46.1 Å². The Bertz CT molecular complexity index is 381. The van der Waals surface area contributed by atoms with Gasteiger partial charge in [0.1, 0.15) is 6.61 Å². The number of hydrogen-bond acceptors (Lipinski definition) is 2. The molecule has 0 fully saturated rings. The van der Waals surface area contributed by atoms with Crippen LogP contribution in [0.4, 0.5) is 4.79 Å². The standard InChI is InChI=1S/C16H25NO2/c1-13(10-11-16(2,3)4)17-15(18)19-12-14-8-6-5-7-9-14/h5-9,13H,10-12H2,1-4H3,(H,17,18). The van der Waals surface area contributed by atoms with E-state index in [0.29, 0.717) is 12.0 Å². The normalized spacial score (nSPS) is 12.8.